The first kappa shape index (κ1) is 15.9. The molecule has 116 valence electrons. The van der Waals surface area contributed by atoms with Gasteiger partial charge in [-0.05, 0) is 31.0 Å². The van der Waals surface area contributed by atoms with E-state index in [0.717, 1.165) is 10.4 Å². The van der Waals surface area contributed by atoms with E-state index in [2.05, 4.69) is 0 Å². The lowest BCUT2D eigenvalue weighted by atomic mass is 9.96. The van der Waals surface area contributed by atoms with Crippen LogP contribution in [0, 0.1) is 18.7 Å². The number of sulfonamides is 1. The molecule has 0 unspecified atom stereocenters. The number of aliphatic hydroxyl groups excluding tert-OH is 1. The molecule has 2 atom stereocenters. The number of hydrogen-bond acceptors (Lipinski definition) is 4. The first-order valence-corrected chi connectivity index (χ1v) is 7.84. The van der Waals surface area contributed by atoms with Crippen molar-refractivity contribution in [1.29, 1.82) is 0 Å². The fourth-order valence-electron chi connectivity index (χ4n) is 2.25. The molecule has 21 heavy (non-hydrogen) atoms. The predicted molar refractivity (Wildman–Crippen MR) is 71.6 cm³/mol. The molecule has 0 aliphatic carbocycles. The van der Waals surface area contributed by atoms with Gasteiger partial charge >= 0.3 is 5.97 Å². The van der Waals surface area contributed by atoms with Gasteiger partial charge in [-0.3, -0.25) is 4.79 Å². The van der Waals surface area contributed by atoms with Crippen LogP contribution in [0.4, 0.5) is 4.39 Å². The number of piperidine rings is 1. The molecule has 0 radical (unpaired) electrons. The number of halogens is 1. The maximum Gasteiger partial charge on any atom is 0.310 e. The molecule has 1 saturated heterocycles. The minimum absolute atomic E-state index is 0.00275. The van der Waals surface area contributed by atoms with Gasteiger partial charge in [-0.25, -0.2) is 12.8 Å². The van der Waals surface area contributed by atoms with Crippen LogP contribution in [0.25, 0.3) is 0 Å². The Morgan fingerprint density at radius 3 is 2.67 bits per heavy atom. The van der Waals surface area contributed by atoms with Crippen molar-refractivity contribution in [3.05, 3.63) is 29.6 Å². The van der Waals surface area contributed by atoms with E-state index in [0.29, 0.717) is 5.56 Å². The van der Waals surface area contributed by atoms with Crippen LogP contribution in [0.3, 0.4) is 0 Å². The summed E-state index contributed by atoms with van der Waals surface area (Å²) in [4.78, 5) is 10.8. The van der Waals surface area contributed by atoms with Crippen LogP contribution in [0.15, 0.2) is 23.1 Å². The van der Waals surface area contributed by atoms with E-state index in [1.54, 1.807) is 0 Å². The summed E-state index contributed by atoms with van der Waals surface area (Å²) in [6.45, 7) is 1.19. The number of carboxylic acids is 1. The van der Waals surface area contributed by atoms with Gasteiger partial charge in [0.15, 0.2) is 0 Å². The molecule has 0 spiro atoms. The molecule has 0 amide bonds. The molecular weight excluding hydrogens is 301 g/mol. The normalized spacial score (nSPS) is 24.0. The SMILES string of the molecule is Cc1ccc(S(=O)(=O)N2CC[C@@H](O)[C@@H](C(=O)O)C2)cc1F. The summed E-state index contributed by atoms with van der Waals surface area (Å²) in [5.41, 5.74) is 0.325. The third kappa shape index (κ3) is 3.07. The molecular formula is C13H16FNO5S. The summed E-state index contributed by atoms with van der Waals surface area (Å²) >= 11 is 0. The zero-order valence-corrected chi connectivity index (χ0v) is 12.2. The Balaban J connectivity index is 2.31. The molecule has 1 aliphatic rings. The lowest BCUT2D eigenvalue weighted by molar-refractivity contribution is -0.147. The Morgan fingerprint density at radius 2 is 2.10 bits per heavy atom. The van der Waals surface area contributed by atoms with Crippen LogP contribution in [-0.4, -0.2) is 48.1 Å². The number of carbonyl (C=O) groups is 1. The van der Waals surface area contributed by atoms with Gasteiger partial charge in [0.25, 0.3) is 0 Å². The Bertz CT molecular complexity index is 661. The van der Waals surface area contributed by atoms with Crippen LogP contribution >= 0.6 is 0 Å². The van der Waals surface area contributed by atoms with E-state index >= 15 is 0 Å². The van der Waals surface area contributed by atoms with Crippen molar-refractivity contribution in [3.8, 4) is 0 Å². The van der Waals surface area contributed by atoms with E-state index < -0.39 is 33.8 Å². The number of carboxylic acid groups (broad SMARTS) is 1. The highest BCUT2D eigenvalue weighted by molar-refractivity contribution is 7.89. The Kier molecular flexibility index (Phi) is 4.31. The summed E-state index contributed by atoms with van der Waals surface area (Å²) in [6, 6.07) is 3.57. The largest absolute Gasteiger partial charge is 0.481 e. The summed E-state index contributed by atoms with van der Waals surface area (Å²) in [5.74, 6) is -3.07. The maximum absolute atomic E-state index is 13.5. The molecule has 0 bridgehead atoms. The topological polar surface area (TPSA) is 94.9 Å². The highest BCUT2D eigenvalue weighted by Crippen LogP contribution is 2.25. The molecule has 1 aromatic carbocycles. The van der Waals surface area contributed by atoms with Crippen molar-refractivity contribution in [3.63, 3.8) is 0 Å². The van der Waals surface area contributed by atoms with E-state index in [9.17, 15) is 22.7 Å². The Morgan fingerprint density at radius 1 is 1.43 bits per heavy atom. The van der Waals surface area contributed by atoms with Gasteiger partial charge in [0.2, 0.25) is 10.0 Å². The quantitative estimate of drug-likeness (QED) is 0.851. The summed E-state index contributed by atoms with van der Waals surface area (Å²) in [7, 11) is -3.97. The molecule has 1 aliphatic heterocycles. The van der Waals surface area contributed by atoms with Gasteiger partial charge in [-0.15, -0.1) is 0 Å². The number of aliphatic carboxylic acids is 1. The fraction of sp³-hybridized carbons (Fsp3) is 0.462. The van der Waals surface area contributed by atoms with Crippen LogP contribution < -0.4 is 0 Å². The van der Waals surface area contributed by atoms with Crippen molar-refractivity contribution >= 4 is 16.0 Å². The van der Waals surface area contributed by atoms with E-state index in [4.69, 9.17) is 5.11 Å². The van der Waals surface area contributed by atoms with Crippen molar-refractivity contribution in [1.82, 2.24) is 4.31 Å². The Labute approximate surface area is 121 Å². The standard InChI is InChI=1S/C13H16FNO5S/c1-8-2-3-9(6-11(8)14)21(19,20)15-5-4-12(16)10(7-15)13(17)18/h2-3,6,10,12,16H,4-5,7H2,1H3,(H,17,18)/t10-,12+/m0/s1. The second kappa shape index (κ2) is 5.70. The highest BCUT2D eigenvalue weighted by Gasteiger charge is 2.38. The van der Waals surface area contributed by atoms with Crippen molar-refractivity contribution < 1.29 is 27.8 Å². The molecule has 2 rings (SSSR count). The van der Waals surface area contributed by atoms with Crippen molar-refractivity contribution in [2.24, 2.45) is 5.92 Å². The maximum atomic E-state index is 13.5. The zero-order valence-electron chi connectivity index (χ0n) is 11.4. The van der Waals surface area contributed by atoms with Gasteiger partial charge in [-0.1, -0.05) is 6.07 Å². The van der Waals surface area contributed by atoms with E-state index in [1.165, 1.54) is 19.1 Å². The molecule has 2 N–H and O–H groups in total. The number of aliphatic hydroxyl groups is 1. The van der Waals surface area contributed by atoms with Crippen molar-refractivity contribution in [2.75, 3.05) is 13.1 Å². The van der Waals surface area contributed by atoms with E-state index in [-0.39, 0.29) is 24.4 Å². The van der Waals surface area contributed by atoms with Gasteiger partial charge in [0.05, 0.1) is 16.9 Å². The number of hydrogen-bond donors (Lipinski definition) is 2. The lowest BCUT2D eigenvalue weighted by Crippen LogP contribution is -2.48. The highest BCUT2D eigenvalue weighted by atomic mass is 32.2. The van der Waals surface area contributed by atoms with Crippen molar-refractivity contribution in [2.45, 2.75) is 24.3 Å². The minimum atomic E-state index is -3.97. The Hall–Kier alpha value is -1.51. The van der Waals surface area contributed by atoms with Gasteiger partial charge in [-0.2, -0.15) is 4.31 Å². The molecule has 1 heterocycles. The van der Waals surface area contributed by atoms with Gasteiger partial charge in [0.1, 0.15) is 5.82 Å². The second-order valence-corrected chi connectivity index (χ2v) is 7.01. The smallest absolute Gasteiger partial charge is 0.310 e. The summed E-state index contributed by atoms with van der Waals surface area (Å²) < 4.78 is 39.3. The lowest BCUT2D eigenvalue weighted by Gasteiger charge is -2.33. The monoisotopic (exact) mass is 317 g/mol. The summed E-state index contributed by atoms with van der Waals surface area (Å²) in [5, 5.41) is 18.6. The molecule has 6 nitrogen and oxygen atoms in total. The fourth-order valence-corrected chi connectivity index (χ4v) is 3.75. The average Bonchev–Trinajstić information content (AvgIpc) is 2.41. The predicted octanol–water partition coefficient (Wildman–Crippen LogP) is 0.590. The minimum Gasteiger partial charge on any atom is -0.481 e. The van der Waals surface area contributed by atoms with E-state index in [1.807, 2.05) is 0 Å². The van der Waals surface area contributed by atoms with Crippen LogP contribution in [-0.2, 0) is 14.8 Å². The second-order valence-electron chi connectivity index (χ2n) is 5.07. The molecule has 1 aromatic rings. The number of rotatable bonds is 3. The van der Waals surface area contributed by atoms with Crippen LogP contribution in [0.1, 0.15) is 12.0 Å². The molecule has 1 fully saturated rings. The third-order valence-electron chi connectivity index (χ3n) is 3.64. The number of aryl methyl sites for hydroxylation is 1. The molecule has 0 aromatic heterocycles. The zero-order chi connectivity index (χ0) is 15.8. The number of nitrogens with zero attached hydrogens (tertiary/aromatic N) is 1. The summed E-state index contributed by atoms with van der Waals surface area (Å²) in [6.07, 6.45) is -1.05. The first-order valence-electron chi connectivity index (χ1n) is 6.40. The number of benzene rings is 1. The third-order valence-corrected chi connectivity index (χ3v) is 5.50. The van der Waals surface area contributed by atoms with Crippen LogP contribution in [0.5, 0.6) is 0 Å². The molecule has 0 saturated carbocycles. The first-order chi connectivity index (χ1) is 9.73. The molecule has 8 heteroatoms. The van der Waals surface area contributed by atoms with Gasteiger partial charge < -0.3 is 10.2 Å². The average molecular weight is 317 g/mol. The van der Waals surface area contributed by atoms with Gasteiger partial charge in [0, 0.05) is 13.1 Å². The van der Waals surface area contributed by atoms with Crippen LogP contribution in [0.2, 0.25) is 0 Å².